The van der Waals surface area contributed by atoms with Gasteiger partial charge in [-0.1, -0.05) is 19.3 Å². The second-order valence-electron chi connectivity index (χ2n) is 4.90. The van der Waals surface area contributed by atoms with Gasteiger partial charge in [0, 0.05) is 12.6 Å². The average Bonchev–Trinajstić information content (AvgIpc) is 2.82. The normalized spacial score (nSPS) is 16.5. The zero-order valence-electron chi connectivity index (χ0n) is 11.0. The molecule has 7 heteroatoms. The third-order valence-electron chi connectivity index (χ3n) is 3.53. The molecule has 1 aliphatic rings. The summed E-state index contributed by atoms with van der Waals surface area (Å²) in [6.45, 7) is 0.496. The molecule has 1 aliphatic carbocycles. The van der Waals surface area contributed by atoms with Gasteiger partial charge in [-0.25, -0.2) is 9.67 Å². The van der Waals surface area contributed by atoms with Crippen LogP contribution in [0.3, 0.4) is 0 Å². The van der Waals surface area contributed by atoms with Crippen molar-refractivity contribution in [2.45, 2.75) is 44.7 Å². The van der Waals surface area contributed by atoms with Crippen LogP contribution in [0.4, 0.5) is 5.95 Å². The number of nitrogens with zero attached hydrogens (tertiary/aromatic N) is 4. The highest BCUT2D eigenvalue weighted by Crippen LogP contribution is 2.22. The fourth-order valence-corrected chi connectivity index (χ4v) is 2.63. The molecule has 1 heterocycles. The van der Waals surface area contributed by atoms with Crippen molar-refractivity contribution in [1.82, 2.24) is 19.7 Å². The number of aliphatic hydroxyl groups is 1. The van der Waals surface area contributed by atoms with Gasteiger partial charge in [-0.2, -0.15) is 0 Å². The second-order valence-corrected chi connectivity index (χ2v) is 4.90. The maximum atomic E-state index is 12.3. The highest BCUT2D eigenvalue weighted by molar-refractivity contribution is 5.76. The molecule has 1 saturated carbocycles. The monoisotopic (exact) mass is 267 g/mol. The van der Waals surface area contributed by atoms with E-state index in [1.165, 1.54) is 17.4 Å². The Bertz CT molecular complexity index is 414. The summed E-state index contributed by atoms with van der Waals surface area (Å²) in [5.74, 6) is 0.130. The van der Waals surface area contributed by atoms with Crippen LogP contribution in [-0.4, -0.2) is 49.9 Å². The fraction of sp³-hybridized carbons (Fsp3) is 0.750. The SMILES string of the molecule is Nc1ncn(CC(=O)N(CCO)C2CCCCC2)n1. The van der Waals surface area contributed by atoms with Crippen LogP contribution < -0.4 is 5.73 Å². The number of carbonyl (C=O) groups excluding carboxylic acids is 1. The molecule has 3 N–H and O–H groups in total. The van der Waals surface area contributed by atoms with Gasteiger partial charge in [0.05, 0.1) is 6.61 Å². The Kier molecular flexibility index (Phi) is 4.73. The molecule has 0 radical (unpaired) electrons. The summed E-state index contributed by atoms with van der Waals surface area (Å²) < 4.78 is 1.44. The smallest absolute Gasteiger partial charge is 0.244 e. The van der Waals surface area contributed by atoms with Crippen molar-refractivity contribution in [2.75, 3.05) is 18.9 Å². The summed E-state index contributed by atoms with van der Waals surface area (Å²) in [6, 6.07) is 0.245. The van der Waals surface area contributed by atoms with Gasteiger partial charge >= 0.3 is 0 Å². The molecular formula is C12H21N5O2. The molecule has 1 amide bonds. The molecule has 1 fully saturated rings. The molecule has 19 heavy (non-hydrogen) atoms. The highest BCUT2D eigenvalue weighted by Gasteiger charge is 2.25. The van der Waals surface area contributed by atoms with Crippen molar-refractivity contribution in [2.24, 2.45) is 0 Å². The number of nitrogens with two attached hydrogens (primary N) is 1. The Hall–Kier alpha value is -1.63. The first-order valence-electron chi connectivity index (χ1n) is 6.76. The Morgan fingerprint density at radius 3 is 2.79 bits per heavy atom. The summed E-state index contributed by atoms with van der Waals surface area (Å²) in [4.78, 5) is 17.9. The maximum absolute atomic E-state index is 12.3. The molecule has 0 atom stereocenters. The standard InChI is InChI=1S/C12H21N5O2/c13-12-14-9-16(15-12)8-11(19)17(6-7-18)10-4-2-1-3-5-10/h9-10,18H,1-8H2,(H2,13,15). The average molecular weight is 267 g/mol. The third kappa shape index (κ3) is 3.66. The van der Waals surface area contributed by atoms with Crippen LogP contribution in [0.1, 0.15) is 32.1 Å². The fourth-order valence-electron chi connectivity index (χ4n) is 2.63. The number of rotatable bonds is 5. The summed E-state index contributed by atoms with van der Waals surface area (Å²) in [6.07, 6.45) is 7.02. The lowest BCUT2D eigenvalue weighted by molar-refractivity contribution is -0.135. The molecule has 0 aliphatic heterocycles. The summed E-state index contributed by atoms with van der Waals surface area (Å²) in [5.41, 5.74) is 5.42. The van der Waals surface area contributed by atoms with Gasteiger partial charge in [0.15, 0.2) is 0 Å². The molecule has 2 rings (SSSR count). The number of hydrogen-bond donors (Lipinski definition) is 2. The molecule has 0 bridgehead atoms. The largest absolute Gasteiger partial charge is 0.395 e. The van der Waals surface area contributed by atoms with Gasteiger partial charge in [0.2, 0.25) is 11.9 Å². The Morgan fingerprint density at radius 1 is 1.47 bits per heavy atom. The van der Waals surface area contributed by atoms with Crippen LogP contribution in [0.25, 0.3) is 0 Å². The van der Waals surface area contributed by atoms with Crippen LogP contribution in [0.5, 0.6) is 0 Å². The van der Waals surface area contributed by atoms with Crippen molar-refractivity contribution in [3.63, 3.8) is 0 Å². The Balaban J connectivity index is 1.98. The first-order chi connectivity index (χ1) is 9.20. The van der Waals surface area contributed by atoms with Crippen molar-refractivity contribution >= 4 is 11.9 Å². The number of carbonyl (C=O) groups is 1. The molecule has 1 aromatic heterocycles. The van der Waals surface area contributed by atoms with Crippen LogP contribution in [-0.2, 0) is 11.3 Å². The zero-order valence-corrected chi connectivity index (χ0v) is 11.0. The lowest BCUT2D eigenvalue weighted by Gasteiger charge is -2.34. The number of hydrogen-bond acceptors (Lipinski definition) is 5. The Morgan fingerprint density at radius 2 is 2.21 bits per heavy atom. The van der Waals surface area contributed by atoms with Gasteiger partial charge in [0.1, 0.15) is 12.9 Å². The van der Waals surface area contributed by atoms with Crippen molar-refractivity contribution in [3.8, 4) is 0 Å². The van der Waals surface area contributed by atoms with E-state index in [1.807, 2.05) is 0 Å². The maximum Gasteiger partial charge on any atom is 0.244 e. The minimum atomic E-state index is -0.0362. The quantitative estimate of drug-likeness (QED) is 0.783. The lowest BCUT2D eigenvalue weighted by atomic mass is 9.94. The number of amides is 1. The van der Waals surface area contributed by atoms with E-state index < -0.39 is 0 Å². The molecule has 1 aromatic rings. The first-order valence-corrected chi connectivity index (χ1v) is 6.76. The number of aromatic nitrogens is 3. The molecule has 0 aromatic carbocycles. The van der Waals surface area contributed by atoms with Gasteiger partial charge in [-0.05, 0) is 12.8 Å². The third-order valence-corrected chi connectivity index (χ3v) is 3.53. The molecule has 0 spiro atoms. The molecule has 7 nitrogen and oxygen atoms in total. The summed E-state index contributed by atoms with van der Waals surface area (Å²) in [5, 5.41) is 13.0. The van der Waals surface area contributed by atoms with E-state index in [4.69, 9.17) is 10.8 Å². The molecule has 106 valence electrons. The van der Waals surface area contributed by atoms with Crippen molar-refractivity contribution < 1.29 is 9.90 Å². The van der Waals surface area contributed by atoms with E-state index in [-0.39, 0.29) is 31.0 Å². The number of aliphatic hydroxyl groups excluding tert-OH is 1. The Labute approximate surface area is 112 Å². The van der Waals surface area contributed by atoms with E-state index in [1.54, 1.807) is 4.90 Å². The van der Waals surface area contributed by atoms with E-state index >= 15 is 0 Å². The van der Waals surface area contributed by atoms with Gasteiger partial charge < -0.3 is 15.7 Å². The van der Waals surface area contributed by atoms with E-state index in [0.717, 1.165) is 25.7 Å². The number of anilines is 1. The molecular weight excluding hydrogens is 246 g/mol. The highest BCUT2D eigenvalue weighted by atomic mass is 16.3. The second kappa shape index (κ2) is 6.51. The van der Waals surface area contributed by atoms with E-state index in [2.05, 4.69) is 10.1 Å². The van der Waals surface area contributed by atoms with Gasteiger partial charge in [-0.3, -0.25) is 4.79 Å². The molecule has 0 saturated heterocycles. The van der Waals surface area contributed by atoms with Crippen LogP contribution >= 0.6 is 0 Å². The minimum Gasteiger partial charge on any atom is -0.395 e. The topological polar surface area (TPSA) is 97.3 Å². The lowest BCUT2D eigenvalue weighted by Crippen LogP contribution is -2.44. The predicted molar refractivity (Wildman–Crippen MR) is 70.1 cm³/mol. The van der Waals surface area contributed by atoms with E-state index in [9.17, 15) is 4.79 Å². The van der Waals surface area contributed by atoms with E-state index in [0.29, 0.717) is 6.54 Å². The summed E-state index contributed by atoms with van der Waals surface area (Å²) >= 11 is 0. The zero-order chi connectivity index (χ0) is 13.7. The minimum absolute atomic E-state index is 0.0122. The van der Waals surface area contributed by atoms with Crippen LogP contribution in [0.15, 0.2) is 6.33 Å². The van der Waals surface area contributed by atoms with Crippen molar-refractivity contribution in [3.05, 3.63) is 6.33 Å². The summed E-state index contributed by atoms with van der Waals surface area (Å²) in [7, 11) is 0. The van der Waals surface area contributed by atoms with Crippen molar-refractivity contribution in [1.29, 1.82) is 0 Å². The predicted octanol–water partition coefficient (Wildman–Crippen LogP) is 0.0139. The van der Waals surface area contributed by atoms with Crippen LogP contribution in [0.2, 0.25) is 0 Å². The van der Waals surface area contributed by atoms with Crippen LogP contribution in [0, 0.1) is 0 Å². The first kappa shape index (κ1) is 13.8. The number of nitrogen functional groups attached to an aromatic ring is 1. The van der Waals surface area contributed by atoms with Gasteiger partial charge in [0.25, 0.3) is 0 Å². The van der Waals surface area contributed by atoms with Gasteiger partial charge in [-0.15, -0.1) is 5.10 Å². The molecule has 0 unspecified atom stereocenters.